The van der Waals surface area contributed by atoms with Crippen molar-refractivity contribution in [2.45, 2.75) is 16.2 Å². The molecule has 1 aliphatic heterocycles. The van der Waals surface area contributed by atoms with Crippen LogP contribution in [0, 0.1) is 11.8 Å². The van der Waals surface area contributed by atoms with Gasteiger partial charge < -0.3 is 5.32 Å². The van der Waals surface area contributed by atoms with Crippen molar-refractivity contribution in [3.05, 3.63) is 135 Å². The van der Waals surface area contributed by atoms with Crippen molar-refractivity contribution in [1.29, 1.82) is 0 Å². The summed E-state index contributed by atoms with van der Waals surface area (Å²) in [6.45, 7) is -0.168. The van der Waals surface area contributed by atoms with Crippen molar-refractivity contribution >= 4 is 64.0 Å². The van der Waals surface area contributed by atoms with Gasteiger partial charge in [-0.25, -0.2) is 0 Å². The van der Waals surface area contributed by atoms with E-state index in [0.29, 0.717) is 32.8 Å². The lowest BCUT2D eigenvalue weighted by Crippen LogP contribution is -2.57. The summed E-state index contributed by atoms with van der Waals surface area (Å²) in [5.74, 6) is -3.56. The third-order valence-corrected chi connectivity index (χ3v) is 10.3. The third-order valence-electron chi connectivity index (χ3n) is 8.78. The summed E-state index contributed by atoms with van der Waals surface area (Å²) in [7, 11) is 0. The summed E-state index contributed by atoms with van der Waals surface area (Å²) in [6, 6.07) is 28.1. The molecule has 0 aromatic heterocycles. The first-order chi connectivity index (χ1) is 20.7. The number of anilines is 1. The van der Waals surface area contributed by atoms with Gasteiger partial charge in [-0.15, -0.1) is 23.2 Å². The van der Waals surface area contributed by atoms with Crippen molar-refractivity contribution in [2.75, 3.05) is 11.9 Å². The van der Waals surface area contributed by atoms with E-state index in [-0.39, 0.29) is 30.0 Å². The molecule has 1 heterocycles. The molecule has 1 fully saturated rings. The second kappa shape index (κ2) is 10.1. The normalized spacial score (nSPS) is 24.8. The van der Waals surface area contributed by atoms with Gasteiger partial charge in [0, 0.05) is 29.1 Å². The van der Waals surface area contributed by atoms with Gasteiger partial charge in [-0.3, -0.25) is 24.1 Å². The maximum Gasteiger partial charge on any atom is 0.235 e. The summed E-state index contributed by atoms with van der Waals surface area (Å²) in [5, 5.41) is 3.10. The number of carbonyl (C=O) groups excluding carboxylic acids is 4. The zero-order chi connectivity index (χ0) is 30.1. The number of amides is 3. The van der Waals surface area contributed by atoms with Crippen LogP contribution in [0.1, 0.15) is 44.6 Å². The largest absolute Gasteiger partial charge is 0.325 e. The van der Waals surface area contributed by atoms with E-state index >= 15 is 0 Å². The molecule has 0 unspecified atom stereocenters. The first-order valence-electron chi connectivity index (χ1n) is 13.8. The summed E-state index contributed by atoms with van der Waals surface area (Å²) >= 11 is 21.1. The monoisotopic (exact) mass is 628 g/mol. The lowest BCUT2D eigenvalue weighted by Gasteiger charge is -2.54. The Balaban J connectivity index is 1.16. The van der Waals surface area contributed by atoms with Crippen molar-refractivity contribution in [1.82, 2.24) is 4.90 Å². The number of hydrogen-bond acceptors (Lipinski definition) is 4. The van der Waals surface area contributed by atoms with Crippen LogP contribution in [0.5, 0.6) is 0 Å². The number of alkyl halides is 2. The fourth-order valence-corrected chi connectivity index (χ4v) is 8.20. The van der Waals surface area contributed by atoms with Crippen molar-refractivity contribution < 1.29 is 19.2 Å². The van der Waals surface area contributed by atoms with E-state index in [0.717, 1.165) is 4.90 Å². The van der Waals surface area contributed by atoms with Gasteiger partial charge in [-0.05, 0) is 40.5 Å². The summed E-state index contributed by atoms with van der Waals surface area (Å²) in [6.07, 6.45) is -0.191. The molecule has 8 rings (SSSR count). The minimum absolute atomic E-state index is 0.168. The minimum atomic E-state index is -1.28. The van der Waals surface area contributed by atoms with E-state index in [2.05, 4.69) is 5.32 Å². The highest BCUT2D eigenvalue weighted by atomic mass is 35.5. The smallest absolute Gasteiger partial charge is 0.235 e. The van der Waals surface area contributed by atoms with Crippen LogP contribution in [0.4, 0.5) is 5.69 Å². The standard InChI is InChI=1S/C34H23Cl3N2O4/c35-20-14-15-26(21(18-20)30(41)19-8-2-1-3-9-19)38-27(40)16-17-39-31(42)28-29(32(39)43)34(37)23-11-5-4-10-22(23)33(28,36)24-12-6-7-13-25(24)34/h1-15,18,28-29H,16-17H2,(H,38,40)/t28-,29-,33?,34?/m0/s1. The highest BCUT2D eigenvalue weighted by Crippen LogP contribution is 2.69. The molecule has 6 nitrogen and oxygen atoms in total. The molecule has 3 amide bonds. The zero-order valence-electron chi connectivity index (χ0n) is 22.5. The number of halogens is 3. The van der Waals surface area contributed by atoms with Gasteiger partial charge >= 0.3 is 0 Å². The lowest BCUT2D eigenvalue weighted by molar-refractivity contribution is -0.140. The first kappa shape index (κ1) is 27.8. The van der Waals surface area contributed by atoms with Crippen molar-refractivity contribution in [3.63, 3.8) is 0 Å². The summed E-state index contributed by atoms with van der Waals surface area (Å²) in [4.78, 5) is 52.9. The van der Waals surface area contributed by atoms with E-state index in [1.807, 2.05) is 48.5 Å². The van der Waals surface area contributed by atoms with Crippen LogP contribution in [0.25, 0.3) is 0 Å². The molecule has 2 atom stereocenters. The quantitative estimate of drug-likeness (QED) is 0.150. The second-order valence-corrected chi connectivity index (χ2v) is 12.6. The highest BCUT2D eigenvalue weighted by molar-refractivity contribution is 6.36. The molecular formula is C34H23Cl3N2O4. The van der Waals surface area contributed by atoms with Gasteiger partial charge in [0.15, 0.2) is 5.78 Å². The predicted octanol–water partition coefficient (Wildman–Crippen LogP) is 6.49. The van der Waals surface area contributed by atoms with Crippen LogP contribution in [0.3, 0.4) is 0 Å². The zero-order valence-corrected chi connectivity index (χ0v) is 24.8. The minimum Gasteiger partial charge on any atom is -0.325 e. The Kier molecular flexibility index (Phi) is 6.51. The average Bonchev–Trinajstić information content (AvgIpc) is 3.29. The van der Waals surface area contributed by atoms with E-state index in [1.54, 1.807) is 42.5 Å². The number of nitrogens with one attached hydrogen (secondary N) is 1. The molecule has 0 spiro atoms. The van der Waals surface area contributed by atoms with Gasteiger partial charge in [-0.1, -0.05) is 90.5 Å². The molecule has 1 saturated heterocycles. The van der Waals surface area contributed by atoms with Crippen molar-refractivity contribution in [3.8, 4) is 0 Å². The topological polar surface area (TPSA) is 83.6 Å². The van der Waals surface area contributed by atoms with Crippen LogP contribution in [0.15, 0.2) is 97.1 Å². The maximum absolute atomic E-state index is 14.0. The van der Waals surface area contributed by atoms with Crippen LogP contribution in [-0.4, -0.2) is 34.9 Å². The van der Waals surface area contributed by atoms with Crippen molar-refractivity contribution in [2.24, 2.45) is 11.8 Å². The fourth-order valence-electron chi connectivity index (χ4n) is 6.93. The van der Waals surface area contributed by atoms with Gasteiger partial charge in [0.1, 0.15) is 9.75 Å². The van der Waals surface area contributed by atoms with E-state index in [4.69, 9.17) is 34.8 Å². The fraction of sp³-hybridized carbons (Fsp3) is 0.176. The Morgan fingerprint density at radius 1 is 0.721 bits per heavy atom. The number of ketones is 1. The molecule has 1 N–H and O–H groups in total. The number of imide groups is 1. The average molecular weight is 630 g/mol. The van der Waals surface area contributed by atoms with Crippen LogP contribution < -0.4 is 5.32 Å². The highest BCUT2D eigenvalue weighted by Gasteiger charge is 2.72. The Morgan fingerprint density at radius 2 is 1.21 bits per heavy atom. The number of benzene rings is 4. The van der Waals surface area contributed by atoms with Crippen LogP contribution in [-0.2, 0) is 24.1 Å². The Morgan fingerprint density at radius 3 is 1.72 bits per heavy atom. The molecule has 9 heteroatoms. The molecule has 4 aromatic rings. The number of hydrogen-bond donors (Lipinski definition) is 1. The van der Waals surface area contributed by atoms with Gasteiger partial charge in [0.25, 0.3) is 0 Å². The van der Waals surface area contributed by atoms with Crippen LogP contribution in [0.2, 0.25) is 5.02 Å². The summed E-state index contributed by atoms with van der Waals surface area (Å²) < 4.78 is 0. The van der Waals surface area contributed by atoms with Gasteiger partial charge in [0.05, 0.1) is 17.5 Å². The SMILES string of the molecule is O=C(CCN1C(=O)[C@@H]2[C@@H](C1=O)C1(Cl)c3ccccc3C2(Cl)c2ccccc21)Nc1ccc(Cl)cc1C(=O)c1ccccc1. The predicted molar refractivity (Wildman–Crippen MR) is 164 cm³/mol. The molecule has 2 bridgehead atoms. The molecule has 0 radical (unpaired) electrons. The van der Waals surface area contributed by atoms with E-state index in [9.17, 15) is 19.2 Å². The summed E-state index contributed by atoms with van der Waals surface area (Å²) in [5.41, 5.74) is 3.80. The third kappa shape index (κ3) is 3.93. The number of carbonyl (C=O) groups is 4. The Hall–Kier alpha value is -3.97. The molecule has 3 aliphatic carbocycles. The number of likely N-dealkylation sites (tertiary alicyclic amines) is 1. The first-order valence-corrected chi connectivity index (χ1v) is 14.9. The van der Waals surface area contributed by atoms with Gasteiger partial charge in [-0.2, -0.15) is 0 Å². The molecule has 0 saturated carbocycles. The molecule has 4 aromatic carbocycles. The van der Waals surface area contributed by atoms with E-state index < -0.39 is 39.3 Å². The maximum atomic E-state index is 14.0. The van der Waals surface area contributed by atoms with E-state index in [1.165, 1.54) is 6.07 Å². The Labute approximate surface area is 262 Å². The lowest BCUT2D eigenvalue weighted by atomic mass is 9.54. The molecule has 43 heavy (non-hydrogen) atoms. The molecule has 4 aliphatic rings. The van der Waals surface area contributed by atoms with Crippen LogP contribution >= 0.6 is 34.8 Å². The Bertz CT molecular complexity index is 1740. The van der Waals surface area contributed by atoms with Gasteiger partial charge in [0.2, 0.25) is 17.7 Å². The number of nitrogens with zero attached hydrogens (tertiary/aromatic N) is 1. The number of rotatable bonds is 6. The second-order valence-electron chi connectivity index (χ2n) is 11.0. The molecule has 214 valence electrons. The molecular weight excluding hydrogens is 607 g/mol.